The fourth-order valence-corrected chi connectivity index (χ4v) is 3.12. The van der Waals surface area contributed by atoms with Gasteiger partial charge < -0.3 is 5.32 Å². The molecule has 1 unspecified atom stereocenters. The van der Waals surface area contributed by atoms with Crippen LogP contribution in [0.3, 0.4) is 0 Å². The molecule has 3 rings (SSSR count). The van der Waals surface area contributed by atoms with Crippen molar-refractivity contribution in [2.75, 3.05) is 0 Å². The standard InChI is InChI=1S/C19H18BrN3O3/c1-2-16(12-7-9-13(20)10-8-12)21-17(24)11-23-19(26)15-6-4-3-5-14(15)18(25)22-23/h3-10,16H,2,11H2,1H3,(H,21,24)(H,22,25). The third-order valence-corrected chi connectivity index (χ3v) is 4.73. The molecule has 1 heterocycles. The van der Waals surface area contributed by atoms with Gasteiger partial charge in [0.2, 0.25) is 5.91 Å². The van der Waals surface area contributed by atoms with Gasteiger partial charge in [-0.25, -0.2) is 4.68 Å². The average molecular weight is 416 g/mol. The quantitative estimate of drug-likeness (QED) is 0.671. The molecule has 0 saturated carbocycles. The van der Waals surface area contributed by atoms with Crippen molar-refractivity contribution < 1.29 is 4.79 Å². The second-order valence-electron chi connectivity index (χ2n) is 5.96. The minimum absolute atomic E-state index is 0.168. The normalized spacial score (nSPS) is 12.1. The first-order valence-corrected chi connectivity index (χ1v) is 9.05. The van der Waals surface area contributed by atoms with Crippen LogP contribution in [0.1, 0.15) is 24.9 Å². The largest absolute Gasteiger partial charge is 0.348 e. The van der Waals surface area contributed by atoms with Crippen LogP contribution in [-0.2, 0) is 11.3 Å². The van der Waals surface area contributed by atoms with Crippen LogP contribution in [0.4, 0.5) is 0 Å². The Morgan fingerprint density at radius 1 is 1.12 bits per heavy atom. The highest BCUT2D eigenvalue weighted by molar-refractivity contribution is 9.10. The van der Waals surface area contributed by atoms with Gasteiger partial charge in [-0.15, -0.1) is 0 Å². The number of benzene rings is 2. The molecule has 0 radical (unpaired) electrons. The van der Waals surface area contributed by atoms with E-state index in [1.807, 2.05) is 31.2 Å². The molecule has 0 aliphatic carbocycles. The maximum atomic E-state index is 12.5. The van der Waals surface area contributed by atoms with Crippen molar-refractivity contribution in [3.05, 3.63) is 79.3 Å². The molecule has 0 fully saturated rings. The zero-order chi connectivity index (χ0) is 18.7. The number of fused-ring (bicyclic) bond motifs is 1. The molecular weight excluding hydrogens is 398 g/mol. The van der Waals surface area contributed by atoms with E-state index < -0.39 is 11.1 Å². The van der Waals surface area contributed by atoms with Crippen LogP contribution < -0.4 is 16.4 Å². The van der Waals surface area contributed by atoms with Crippen LogP contribution in [0.5, 0.6) is 0 Å². The van der Waals surface area contributed by atoms with Crippen LogP contribution in [0, 0.1) is 0 Å². The zero-order valence-electron chi connectivity index (χ0n) is 14.2. The van der Waals surface area contributed by atoms with E-state index in [1.54, 1.807) is 24.3 Å². The van der Waals surface area contributed by atoms with Crippen LogP contribution in [-0.4, -0.2) is 15.7 Å². The Hall–Kier alpha value is -2.67. The highest BCUT2D eigenvalue weighted by atomic mass is 79.9. The van der Waals surface area contributed by atoms with Gasteiger partial charge in [0.15, 0.2) is 0 Å². The van der Waals surface area contributed by atoms with Crippen molar-refractivity contribution in [2.45, 2.75) is 25.9 Å². The zero-order valence-corrected chi connectivity index (χ0v) is 15.7. The summed E-state index contributed by atoms with van der Waals surface area (Å²) in [4.78, 5) is 37.0. The molecule has 0 spiro atoms. The summed E-state index contributed by atoms with van der Waals surface area (Å²) in [6.07, 6.45) is 0.705. The summed E-state index contributed by atoms with van der Waals surface area (Å²) in [5.74, 6) is -0.340. The molecule has 26 heavy (non-hydrogen) atoms. The lowest BCUT2D eigenvalue weighted by Crippen LogP contribution is -2.38. The molecule has 0 aliphatic rings. The van der Waals surface area contributed by atoms with E-state index in [0.29, 0.717) is 17.2 Å². The lowest BCUT2D eigenvalue weighted by atomic mass is 10.0. The van der Waals surface area contributed by atoms with Gasteiger partial charge in [-0.05, 0) is 36.2 Å². The maximum absolute atomic E-state index is 12.5. The lowest BCUT2D eigenvalue weighted by molar-refractivity contribution is -0.122. The topological polar surface area (TPSA) is 84.0 Å². The molecule has 2 N–H and O–H groups in total. The average Bonchev–Trinajstić information content (AvgIpc) is 2.65. The minimum atomic E-state index is -0.396. The van der Waals surface area contributed by atoms with Crippen molar-refractivity contribution in [1.82, 2.24) is 15.1 Å². The summed E-state index contributed by atoms with van der Waals surface area (Å²) in [5, 5.41) is 5.99. The number of carbonyl (C=O) groups is 1. The highest BCUT2D eigenvalue weighted by Crippen LogP contribution is 2.19. The predicted octanol–water partition coefficient (Wildman–Crippen LogP) is 2.72. The molecule has 7 heteroatoms. The van der Waals surface area contributed by atoms with Crippen molar-refractivity contribution in [2.24, 2.45) is 0 Å². The van der Waals surface area contributed by atoms with Gasteiger partial charge in [0, 0.05) is 4.47 Å². The third kappa shape index (κ3) is 3.77. The number of aromatic amines is 1. The Morgan fingerprint density at radius 2 is 1.77 bits per heavy atom. The highest BCUT2D eigenvalue weighted by Gasteiger charge is 2.15. The summed E-state index contributed by atoms with van der Waals surface area (Å²) >= 11 is 3.39. The third-order valence-electron chi connectivity index (χ3n) is 4.20. The first-order chi connectivity index (χ1) is 12.5. The number of hydrogen-bond donors (Lipinski definition) is 2. The second kappa shape index (κ2) is 7.70. The van der Waals surface area contributed by atoms with E-state index in [4.69, 9.17) is 0 Å². The summed E-state index contributed by atoms with van der Waals surface area (Å²) in [6, 6.07) is 14.1. The van der Waals surface area contributed by atoms with E-state index >= 15 is 0 Å². The van der Waals surface area contributed by atoms with Crippen LogP contribution in [0.25, 0.3) is 10.8 Å². The maximum Gasteiger partial charge on any atom is 0.273 e. The number of amides is 1. The summed E-state index contributed by atoms with van der Waals surface area (Å²) in [7, 11) is 0. The first kappa shape index (κ1) is 18.1. The summed E-state index contributed by atoms with van der Waals surface area (Å²) in [5.41, 5.74) is 0.184. The van der Waals surface area contributed by atoms with E-state index in [1.165, 1.54) is 0 Å². The van der Waals surface area contributed by atoms with Gasteiger partial charge in [-0.3, -0.25) is 19.5 Å². The molecule has 6 nitrogen and oxygen atoms in total. The Bertz CT molecular complexity index is 1050. The molecule has 2 aromatic carbocycles. The molecular formula is C19H18BrN3O3. The smallest absolute Gasteiger partial charge is 0.273 e. The Kier molecular flexibility index (Phi) is 5.37. The number of hydrogen-bond acceptors (Lipinski definition) is 3. The van der Waals surface area contributed by atoms with E-state index in [-0.39, 0.29) is 18.5 Å². The predicted molar refractivity (Wildman–Crippen MR) is 104 cm³/mol. The summed E-state index contributed by atoms with van der Waals surface area (Å²) < 4.78 is 2.01. The first-order valence-electron chi connectivity index (χ1n) is 8.26. The molecule has 0 bridgehead atoms. The molecule has 0 saturated heterocycles. The number of halogens is 1. The van der Waals surface area contributed by atoms with Crippen molar-refractivity contribution in [3.8, 4) is 0 Å². The number of H-pyrrole nitrogens is 1. The number of nitrogens with zero attached hydrogens (tertiary/aromatic N) is 1. The number of rotatable bonds is 5. The van der Waals surface area contributed by atoms with Crippen molar-refractivity contribution >= 4 is 32.6 Å². The fraction of sp³-hybridized carbons (Fsp3) is 0.211. The van der Waals surface area contributed by atoms with E-state index in [2.05, 4.69) is 26.3 Å². The molecule has 134 valence electrons. The monoisotopic (exact) mass is 415 g/mol. The van der Waals surface area contributed by atoms with Gasteiger partial charge in [-0.2, -0.15) is 0 Å². The molecule has 1 amide bonds. The lowest BCUT2D eigenvalue weighted by Gasteiger charge is -2.18. The van der Waals surface area contributed by atoms with E-state index in [0.717, 1.165) is 14.7 Å². The van der Waals surface area contributed by atoms with Gasteiger partial charge >= 0.3 is 0 Å². The SMILES string of the molecule is CCC(NC(=O)Cn1[nH]c(=O)c2ccccc2c1=O)c1ccc(Br)cc1. The minimum Gasteiger partial charge on any atom is -0.348 e. The molecule has 0 aliphatic heterocycles. The fourth-order valence-electron chi connectivity index (χ4n) is 2.86. The number of carbonyl (C=O) groups excluding carboxylic acids is 1. The molecule has 3 aromatic rings. The van der Waals surface area contributed by atoms with Crippen LogP contribution >= 0.6 is 15.9 Å². The summed E-state index contributed by atoms with van der Waals surface area (Å²) in [6.45, 7) is 1.73. The second-order valence-corrected chi connectivity index (χ2v) is 6.87. The van der Waals surface area contributed by atoms with Crippen LogP contribution in [0.2, 0.25) is 0 Å². The van der Waals surface area contributed by atoms with Crippen molar-refractivity contribution in [3.63, 3.8) is 0 Å². The molecule has 1 atom stereocenters. The Morgan fingerprint density at radius 3 is 2.42 bits per heavy atom. The Labute approximate surface area is 158 Å². The van der Waals surface area contributed by atoms with Gasteiger partial charge in [-0.1, -0.05) is 47.1 Å². The van der Waals surface area contributed by atoms with Gasteiger partial charge in [0.25, 0.3) is 11.1 Å². The number of aromatic nitrogens is 2. The van der Waals surface area contributed by atoms with Crippen molar-refractivity contribution in [1.29, 1.82) is 0 Å². The van der Waals surface area contributed by atoms with Gasteiger partial charge in [0.05, 0.1) is 16.8 Å². The Balaban J connectivity index is 1.82. The number of nitrogens with one attached hydrogen (secondary N) is 2. The van der Waals surface area contributed by atoms with E-state index in [9.17, 15) is 14.4 Å². The van der Waals surface area contributed by atoms with Gasteiger partial charge in [0.1, 0.15) is 6.54 Å². The van der Waals surface area contributed by atoms with Crippen LogP contribution in [0.15, 0.2) is 62.6 Å². The molecule has 1 aromatic heterocycles.